The number of methoxy groups -OCH3 is 3. The molecule has 35 heavy (non-hydrogen) atoms. The average Bonchev–Trinajstić information content (AvgIpc) is 3.17. The van der Waals surface area contributed by atoms with Gasteiger partial charge in [-0.05, 0) is 72.2 Å². The van der Waals surface area contributed by atoms with Gasteiger partial charge in [-0.15, -0.1) is 0 Å². The number of hydrogen-bond donors (Lipinski definition) is 0. The zero-order chi connectivity index (χ0) is 24.7. The molecular formula is C27H27ClN2O4S. The van der Waals surface area contributed by atoms with E-state index in [0.29, 0.717) is 32.7 Å². The number of ether oxygens (including phenoxy) is 3. The third-order valence-electron chi connectivity index (χ3n) is 6.71. The molecule has 1 aliphatic heterocycles. The van der Waals surface area contributed by atoms with Crippen molar-refractivity contribution >= 4 is 29.0 Å². The molecule has 6 nitrogen and oxygen atoms in total. The highest BCUT2D eigenvalue weighted by Crippen LogP contribution is 2.41. The van der Waals surface area contributed by atoms with Gasteiger partial charge < -0.3 is 14.2 Å². The van der Waals surface area contributed by atoms with Crippen LogP contribution in [0, 0.1) is 5.92 Å². The van der Waals surface area contributed by atoms with Gasteiger partial charge in [0.25, 0.3) is 5.56 Å². The molecule has 0 spiro atoms. The van der Waals surface area contributed by atoms with Crippen LogP contribution in [0.2, 0.25) is 5.02 Å². The molecule has 3 aromatic rings. The summed E-state index contributed by atoms with van der Waals surface area (Å²) in [7, 11) is 4.72. The molecule has 0 radical (unpaired) electrons. The van der Waals surface area contributed by atoms with E-state index in [2.05, 4.69) is 6.92 Å². The van der Waals surface area contributed by atoms with Crippen LogP contribution in [0.5, 0.6) is 17.2 Å². The highest BCUT2D eigenvalue weighted by molar-refractivity contribution is 7.07. The quantitative estimate of drug-likeness (QED) is 0.498. The standard InChI is InChI=1S/C27H27ClN2O4S/c1-15-6-5-7-19-23(15)24(17-8-10-18(28)11-9-17)30-26(31)22(35-27(30)29-19)14-16-12-20(32-2)25(34-4)21(13-16)33-3/h8-15,24H,5-7H2,1-4H3/b22-14-. The number of hydrogen-bond acceptors (Lipinski definition) is 6. The summed E-state index contributed by atoms with van der Waals surface area (Å²) < 4.78 is 18.9. The molecule has 0 saturated heterocycles. The first-order valence-corrected chi connectivity index (χ1v) is 12.7. The number of allylic oxidation sites excluding steroid dienone is 2. The molecule has 182 valence electrons. The van der Waals surface area contributed by atoms with Crippen molar-refractivity contribution in [2.45, 2.75) is 32.2 Å². The summed E-state index contributed by atoms with van der Waals surface area (Å²) in [5.74, 6) is 1.94. The van der Waals surface area contributed by atoms with Crippen molar-refractivity contribution in [3.05, 3.63) is 83.5 Å². The normalized spacial score (nSPS) is 19.6. The van der Waals surface area contributed by atoms with Gasteiger partial charge in [0.05, 0.1) is 31.9 Å². The number of rotatable bonds is 5. The van der Waals surface area contributed by atoms with Crippen LogP contribution < -0.4 is 29.1 Å². The molecule has 8 heteroatoms. The third-order valence-corrected chi connectivity index (χ3v) is 7.94. The molecule has 2 unspecified atom stereocenters. The minimum atomic E-state index is -0.184. The highest BCUT2D eigenvalue weighted by atomic mass is 35.5. The van der Waals surface area contributed by atoms with Gasteiger partial charge in [-0.3, -0.25) is 9.36 Å². The van der Waals surface area contributed by atoms with E-state index in [9.17, 15) is 4.79 Å². The van der Waals surface area contributed by atoms with Gasteiger partial charge in [0.1, 0.15) is 0 Å². The minimum absolute atomic E-state index is 0.0632. The molecule has 0 N–H and O–H groups in total. The van der Waals surface area contributed by atoms with Crippen molar-refractivity contribution in [3.8, 4) is 17.2 Å². The monoisotopic (exact) mass is 510 g/mol. The van der Waals surface area contributed by atoms with Crippen molar-refractivity contribution in [2.75, 3.05) is 21.3 Å². The molecule has 1 aromatic heterocycles. The maximum atomic E-state index is 13.8. The van der Waals surface area contributed by atoms with Crippen LogP contribution in [-0.4, -0.2) is 25.9 Å². The van der Waals surface area contributed by atoms with Gasteiger partial charge in [0.15, 0.2) is 16.3 Å². The van der Waals surface area contributed by atoms with Crippen molar-refractivity contribution in [3.63, 3.8) is 0 Å². The fourth-order valence-corrected chi connectivity index (χ4v) is 6.21. The third kappa shape index (κ3) is 4.17. The largest absolute Gasteiger partial charge is 0.493 e. The van der Waals surface area contributed by atoms with E-state index < -0.39 is 0 Å². The van der Waals surface area contributed by atoms with Crippen LogP contribution in [0.1, 0.15) is 43.4 Å². The van der Waals surface area contributed by atoms with Gasteiger partial charge in [0.2, 0.25) is 5.75 Å². The lowest BCUT2D eigenvalue weighted by Gasteiger charge is -2.33. The summed E-state index contributed by atoms with van der Waals surface area (Å²) in [6.07, 6.45) is 5.00. The predicted octanol–water partition coefficient (Wildman–Crippen LogP) is 4.71. The zero-order valence-electron chi connectivity index (χ0n) is 20.1. The second-order valence-electron chi connectivity index (χ2n) is 8.79. The molecule has 2 aliphatic rings. The summed E-state index contributed by atoms with van der Waals surface area (Å²) in [6.45, 7) is 2.23. The van der Waals surface area contributed by atoms with Gasteiger partial charge >= 0.3 is 0 Å². The lowest BCUT2D eigenvalue weighted by atomic mass is 9.80. The van der Waals surface area contributed by atoms with E-state index in [1.54, 1.807) is 21.3 Å². The number of aromatic nitrogens is 1. The Morgan fingerprint density at radius 1 is 1.09 bits per heavy atom. The first-order valence-electron chi connectivity index (χ1n) is 11.5. The number of thiazole rings is 1. The van der Waals surface area contributed by atoms with Crippen molar-refractivity contribution < 1.29 is 14.2 Å². The SMILES string of the molecule is COc1cc(/C=c2\sc3n(c2=O)C(c2ccc(Cl)cc2)C2=C(CCCC2C)N=3)cc(OC)c1OC. The number of halogens is 1. The van der Waals surface area contributed by atoms with Crippen molar-refractivity contribution in [2.24, 2.45) is 10.9 Å². The summed E-state index contributed by atoms with van der Waals surface area (Å²) in [5, 5.41) is 0.675. The average molecular weight is 511 g/mol. The fourth-order valence-electron chi connectivity index (χ4n) is 5.06. The maximum absolute atomic E-state index is 13.8. The van der Waals surface area contributed by atoms with Crippen LogP contribution in [-0.2, 0) is 0 Å². The van der Waals surface area contributed by atoms with Crippen molar-refractivity contribution in [1.29, 1.82) is 0 Å². The Morgan fingerprint density at radius 3 is 2.40 bits per heavy atom. The lowest BCUT2D eigenvalue weighted by Crippen LogP contribution is -2.40. The first-order chi connectivity index (χ1) is 16.9. The Kier molecular flexibility index (Phi) is 6.47. The molecule has 0 amide bonds. The second-order valence-corrected chi connectivity index (χ2v) is 10.2. The topological polar surface area (TPSA) is 62.1 Å². The molecule has 2 heterocycles. The zero-order valence-corrected chi connectivity index (χ0v) is 21.7. The summed E-state index contributed by atoms with van der Waals surface area (Å²) >= 11 is 7.59. The molecule has 0 bridgehead atoms. The molecular weight excluding hydrogens is 484 g/mol. The smallest absolute Gasteiger partial charge is 0.271 e. The van der Waals surface area contributed by atoms with Crippen molar-refractivity contribution in [1.82, 2.24) is 4.57 Å². The van der Waals surface area contributed by atoms with E-state index in [1.807, 2.05) is 47.0 Å². The first kappa shape index (κ1) is 23.7. The number of nitrogens with zero attached hydrogens (tertiary/aromatic N) is 2. The van der Waals surface area contributed by atoms with Gasteiger partial charge in [-0.1, -0.05) is 42.0 Å². The Labute approximate surface area is 212 Å². The lowest BCUT2D eigenvalue weighted by molar-refractivity contribution is 0.324. The van der Waals surface area contributed by atoms with Crippen LogP contribution in [0.3, 0.4) is 0 Å². The molecule has 1 aliphatic carbocycles. The minimum Gasteiger partial charge on any atom is -0.493 e. The van der Waals surface area contributed by atoms with Gasteiger partial charge in [0, 0.05) is 10.7 Å². The van der Waals surface area contributed by atoms with Crippen LogP contribution in [0.4, 0.5) is 0 Å². The van der Waals surface area contributed by atoms with Gasteiger partial charge in [-0.25, -0.2) is 4.99 Å². The van der Waals surface area contributed by atoms with Gasteiger partial charge in [-0.2, -0.15) is 0 Å². The van der Waals surface area contributed by atoms with E-state index >= 15 is 0 Å². The Bertz CT molecular complexity index is 1460. The molecule has 0 fully saturated rings. The van der Waals surface area contributed by atoms with Crippen LogP contribution >= 0.6 is 22.9 Å². The Morgan fingerprint density at radius 2 is 1.77 bits per heavy atom. The summed E-state index contributed by atoms with van der Waals surface area (Å²) in [5.41, 5.74) is 4.12. The number of benzene rings is 2. The summed E-state index contributed by atoms with van der Waals surface area (Å²) in [6, 6.07) is 11.3. The number of fused-ring (bicyclic) bond motifs is 1. The second kappa shape index (κ2) is 9.55. The summed E-state index contributed by atoms with van der Waals surface area (Å²) in [4.78, 5) is 19.5. The van der Waals surface area contributed by atoms with Crippen LogP contribution in [0.25, 0.3) is 6.08 Å². The fraction of sp³-hybridized carbons (Fsp3) is 0.333. The maximum Gasteiger partial charge on any atom is 0.271 e. The Balaban J connectivity index is 1.72. The molecule has 2 atom stereocenters. The van der Waals surface area contributed by atoms with E-state index in [-0.39, 0.29) is 11.6 Å². The Hall–Kier alpha value is -3.03. The van der Waals surface area contributed by atoms with E-state index in [4.69, 9.17) is 30.8 Å². The highest BCUT2D eigenvalue weighted by Gasteiger charge is 2.33. The van der Waals surface area contributed by atoms with Crippen LogP contribution in [0.15, 0.2) is 57.5 Å². The van der Waals surface area contributed by atoms with E-state index in [0.717, 1.165) is 40.9 Å². The molecule has 5 rings (SSSR count). The van der Waals surface area contributed by atoms with E-state index in [1.165, 1.54) is 16.9 Å². The molecule has 0 saturated carbocycles. The molecule has 2 aromatic carbocycles. The predicted molar refractivity (Wildman–Crippen MR) is 139 cm³/mol.